The molecular weight excluding hydrogens is 425 g/mol. The Morgan fingerprint density at radius 1 is 0.969 bits per heavy atom. The molecule has 0 aliphatic rings. The second-order valence-corrected chi connectivity index (χ2v) is 7.07. The summed E-state index contributed by atoms with van der Waals surface area (Å²) in [6.45, 7) is 1.54. The van der Waals surface area contributed by atoms with Gasteiger partial charge in [0.1, 0.15) is 11.4 Å². The van der Waals surface area contributed by atoms with Gasteiger partial charge in [0.2, 0.25) is 0 Å². The van der Waals surface area contributed by atoms with Crippen LogP contribution in [0.1, 0.15) is 5.56 Å². The highest BCUT2D eigenvalue weighted by molar-refractivity contribution is 5.92. The minimum Gasteiger partial charge on any atom is -0.406 e. The number of halogens is 3. The van der Waals surface area contributed by atoms with Gasteiger partial charge in [-0.25, -0.2) is 0 Å². The van der Waals surface area contributed by atoms with E-state index in [0.29, 0.717) is 16.3 Å². The molecule has 164 valence electrons. The van der Waals surface area contributed by atoms with E-state index in [9.17, 15) is 22.8 Å². The molecule has 0 aliphatic carbocycles. The van der Waals surface area contributed by atoms with E-state index in [1.807, 2.05) is 0 Å². The Hall–Kier alpha value is -4.08. The number of pyridine rings is 1. The van der Waals surface area contributed by atoms with Crippen molar-refractivity contribution in [1.29, 1.82) is 0 Å². The van der Waals surface area contributed by atoms with Crippen molar-refractivity contribution in [1.82, 2.24) is 14.3 Å². The van der Waals surface area contributed by atoms with Crippen molar-refractivity contribution in [2.75, 3.05) is 5.32 Å². The number of hydrogen-bond acceptors (Lipinski definition) is 5. The van der Waals surface area contributed by atoms with E-state index in [-0.39, 0.29) is 22.8 Å². The first-order valence-corrected chi connectivity index (χ1v) is 9.45. The van der Waals surface area contributed by atoms with Gasteiger partial charge in [-0.2, -0.15) is 4.68 Å². The predicted octanol–water partition coefficient (Wildman–Crippen LogP) is 4.04. The van der Waals surface area contributed by atoms with Gasteiger partial charge in [-0.1, -0.05) is 18.2 Å². The molecule has 2 aromatic heterocycles. The largest absolute Gasteiger partial charge is 0.573 e. The number of aryl methyl sites for hydroxylation is 2. The molecule has 0 amide bonds. The maximum Gasteiger partial charge on any atom is 0.573 e. The fourth-order valence-electron chi connectivity index (χ4n) is 3.33. The van der Waals surface area contributed by atoms with Crippen LogP contribution in [-0.2, 0) is 7.05 Å². The van der Waals surface area contributed by atoms with Crippen molar-refractivity contribution in [3.8, 4) is 11.4 Å². The van der Waals surface area contributed by atoms with Crippen LogP contribution in [0.15, 0.2) is 70.4 Å². The van der Waals surface area contributed by atoms with Crippen molar-refractivity contribution < 1.29 is 17.9 Å². The highest BCUT2D eigenvalue weighted by Gasteiger charge is 2.31. The Kier molecular flexibility index (Phi) is 5.21. The smallest absolute Gasteiger partial charge is 0.406 e. The Labute approximate surface area is 179 Å². The third kappa shape index (κ3) is 4.07. The number of ether oxygens (including phenoxy) is 1. The van der Waals surface area contributed by atoms with Gasteiger partial charge in [0, 0.05) is 18.6 Å². The number of benzene rings is 2. The molecule has 0 bridgehead atoms. The van der Waals surface area contributed by atoms with E-state index in [0.717, 1.165) is 10.7 Å². The lowest BCUT2D eigenvalue weighted by atomic mass is 10.1. The number of hydrogen-bond donors (Lipinski definition) is 1. The summed E-state index contributed by atoms with van der Waals surface area (Å²) in [5.41, 5.74) is 0.127. The molecule has 10 heteroatoms. The second-order valence-electron chi connectivity index (χ2n) is 7.07. The zero-order valence-electron chi connectivity index (χ0n) is 17.0. The Bertz CT molecular complexity index is 1440. The first kappa shape index (κ1) is 21.2. The van der Waals surface area contributed by atoms with E-state index < -0.39 is 17.7 Å². The molecule has 0 spiro atoms. The predicted molar refractivity (Wildman–Crippen MR) is 114 cm³/mol. The van der Waals surface area contributed by atoms with Gasteiger partial charge in [0.05, 0.1) is 11.1 Å². The zero-order valence-corrected chi connectivity index (χ0v) is 17.0. The summed E-state index contributed by atoms with van der Waals surface area (Å²) >= 11 is 0. The Morgan fingerprint density at radius 2 is 1.69 bits per heavy atom. The van der Waals surface area contributed by atoms with Crippen LogP contribution in [0, 0.1) is 6.92 Å². The van der Waals surface area contributed by atoms with Crippen molar-refractivity contribution in [3.63, 3.8) is 0 Å². The monoisotopic (exact) mass is 442 g/mol. The first-order chi connectivity index (χ1) is 15.1. The molecule has 0 fully saturated rings. The summed E-state index contributed by atoms with van der Waals surface area (Å²) in [6, 6.07) is 13.6. The summed E-state index contributed by atoms with van der Waals surface area (Å²) in [4.78, 5) is 25.6. The average molecular weight is 442 g/mol. The third-order valence-electron chi connectivity index (χ3n) is 4.81. The van der Waals surface area contributed by atoms with E-state index in [1.54, 1.807) is 56.6 Å². The first-order valence-electron chi connectivity index (χ1n) is 9.45. The number of anilines is 2. The highest BCUT2D eigenvalue weighted by atomic mass is 19.4. The van der Waals surface area contributed by atoms with Crippen molar-refractivity contribution in [2.45, 2.75) is 13.3 Å². The molecule has 0 unspecified atom stereocenters. The van der Waals surface area contributed by atoms with Crippen molar-refractivity contribution in [3.05, 3.63) is 87.1 Å². The van der Waals surface area contributed by atoms with Crippen LogP contribution in [0.5, 0.6) is 5.75 Å². The summed E-state index contributed by atoms with van der Waals surface area (Å²) in [5, 5.41) is 8.18. The maximum atomic E-state index is 13.1. The molecule has 32 heavy (non-hydrogen) atoms. The molecule has 0 saturated heterocycles. The summed E-state index contributed by atoms with van der Waals surface area (Å²) in [5.74, 6) is -0.155. The normalized spacial score (nSPS) is 11.5. The molecule has 1 N–H and O–H groups in total. The van der Waals surface area contributed by atoms with Crippen molar-refractivity contribution >= 4 is 22.3 Å². The van der Waals surface area contributed by atoms with E-state index in [1.165, 1.54) is 16.7 Å². The topological polar surface area (TPSA) is 78.2 Å². The van der Waals surface area contributed by atoms with Gasteiger partial charge in [0.25, 0.3) is 11.1 Å². The lowest BCUT2D eigenvalue weighted by Gasteiger charge is -2.15. The van der Waals surface area contributed by atoms with Crippen LogP contribution in [-0.4, -0.2) is 20.7 Å². The lowest BCUT2D eigenvalue weighted by Crippen LogP contribution is -2.25. The van der Waals surface area contributed by atoms with Crippen LogP contribution in [0.4, 0.5) is 24.7 Å². The standard InChI is InChI=1S/C22H17F3N4O3/c1-13-12-14(32-22(23,24)25)9-10-18(13)29-20(30)16-7-4-3-6-15(16)19(27-29)26-17-8-5-11-28(2)21(17)31/h3-12H,1-2H3,(H,26,27). The van der Waals surface area contributed by atoms with Crippen LogP contribution in [0.2, 0.25) is 0 Å². The third-order valence-corrected chi connectivity index (χ3v) is 4.81. The fraction of sp³-hybridized carbons (Fsp3) is 0.136. The van der Waals surface area contributed by atoms with Gasteiger partial charge in [-0.3, -0.25) is 9.59 Å². The van der Waals surface area contributed by atoms with Gasteiger partial charge in [-0.05, 0) is 48.9 Å². The number of fused-ring (bicyclic) bond motifs is 1. The van der Waals surface area contributed by atoms with Crippen LogP contribution in [0.3, 0.4) is 0 Å². The highest BCUT2D eigenvalue weighted by Crippen LogP contribution is 2.27. The molecule has 0 atom stereocenters. The molecule has 4 aromatic rings. The number of aromatic nitrogens is 3. The Morgan fingerprint density at radius 3 is 2.38 bits per heavy atom. The molecular formula is C22H17F3N4O3. The van der Waals surface area contributed by atoms with Gasteiger partial charge < -0.3 is 14.6 Å². The summed E-state index contributed by atoms with van der Waals surface area (Å²) < 4.78 is 44.0. The molecule has 0 saturated carbocycles. The quantitative estimate of drug-likeness (QED) is 0.516. The maximum absolute atomic E-state index is 13.1. The SMILES string of the molecule is Cc1cc(OC(F)(F)F)ccc1-n1nc(Nc2cccn(C)c2=O)c2ccccc2c1=O. The average Bonchev–Trinajstić information content (AvgIpc) is 2.73. The molecule has 2 heterocycles. The fourth-order valence-corrected chi connectivity index (χ4v) is 3.33. The van der Waals surface area contributed by atoms with Crippen molar-refractivity contribution in [2.24, 2.45) is 7.05 Å². The molecule has 0 aliphatic heterocycles. The van der Waals surface area contributed by atoms with Gasteiger partial charge in [-0.15, -0.1) is 18.3 Å². The van der Waals surface area contributed by atoms with E-state index in [4.69, 9.17) is 0 Å². The second kappa shape index (κ2) is 7.88. The van der Waals surface area contributed by atoms with Crippen LogP contribution < -0.4 is 21.2 Å². The molecule has 4 rings (SSSR count). The molecule has 2 aromatic carbocycles. The minimum atomic E-state index is -4.83. The van der Waals surface area contributed by atoms with E-state index >= 15 is 0 Å². The van der Waals surface area contributed by atoms with Crippen LogP contribution in [0.25, 0.3) is 16.5 Å². The summed E-state index contributed by atoms with van der Waals surface area (Å²) in [6.07, 6.45) is -3.22. The van der Waals surface area contributed by atoms with E-state index in [2.05, 4.69) is 15.2 Å². The molecule has 0 radical (unpaired) electrons. The minimum absolute atomic E-state index is 0.249. The lowest BCUT2D eigenvalue weighted by molar-refractivity contribution is -0.274. The summed E-state index contributed by atoms with van der Waals surface area (Å²) in [7, 11) is 1.61. The number of alkyl halides is 3. The Balaban J connectivity index is 1.88. The number of nitrogens with one attached hydrogen (secondary N) is 1. The number of nitrogens with zero attached hydrogens (tertiary/aromatic N) is 3. The van der Waals surface area contributed by atoms with Crippen LogP contribution >= 0.6 is 0 Å². The molecule has 7 nitrogen and oxygen atoms in total. The zero-order chi connectivity index (χ0) is 23.0. The number of rotatable bonds is 4. The van der Waals surface area contributed by atoms with Gasteiger partial charge in [0.15, 0.2) is 5.82 Å². The van der Waals surface area contributed by atoms with Gasteiger partial charge >= 0.3 is 6.36 Å².